The summed E-state index contributed by atoms with van der Waals surface area (Å²) in [6.45, 7) is 3.56. The molecule has 0 spiro atoms. The third-order valence-corrected chi connectivity index (χ3v) is 5.92. The van der Waals surface area contributed by atoms with Crippen LogP contribution in [0, 0.1) is 18.8 Å². The van der Waals surface area contributed by atoms with Crippen molar-refractivity contribution < 1.29 is 14.1 Å². The maximum Gasteiger partial charge on any atom is 0.235 e. The Morgan fingerprint density at radius 2 is 2.08 bits per heavy atom. The van der Waals surface area contributed by atoms with Gasteiger partial charge in [0.05, 0.1) is 11.5 Å². The molecule has 0 bridgehead atoms. The Labute approximate surface area is 146 Å². The van der Waals surface area contributed by atoms with Gasteiger partial charge in [0.15, 0.2) is 5.82 Å². The first kappa shape index (κ1) is 17.3. The number of anilines is 1. The number of piperidine rings is 1. The molecule has 0 radical (unpaired) electrons. The zero-order chi connectivity index (χ0) is 16.9. The lowest BCUT2D eigenvalue weighted by Gasteiger charge is -2.41. The van der Waals surface area contributed by atoms with Gasteiger partial charge in [-0.3, -0.25) is 9.59 Å². The zero-order valence-corrected chi connectivity index (χ0v) is 14.9. The van der Waals surface area contributed by atoms with Crippen LogP contribution in [0.5, 0.6) is 0 Å². The van der Waals surface area contributed by atoms with Crippen LogP contribution in [0.4, 0.5) is 5.82 Å². The molecule has 2 amide bonds. The van der Waals surface area contributed by atoms with E-state index in [1.165, 1.54) is 37.4 Å². The van der Waals surface area contributed by atoms with Gasteiger partial charge in [0.25, 0.3) is 0 Å². The van der Waals surface area contributed by atoms with Gasteiger partial charge < -0.3 is 14.7 Å². The molecule has 1 aromatic heterocycles. The van der Waals surface area contributed by atoms with Crippen molar-refractivity contribution in [3.8, 4) is 0 Å². The molecule has 0 aromatic carbocycles. The van der Waals surface area contributed by atoms with E-state index < -0.39 is 0 Å². The molecule has 1 aliphatic carbocycles. The number of fused-ring (bicyclic) bond motifs is 1. The van der Waals surface area contributed by atoms with E-state index >= 15 is 0 Å². The SMILES string of the molecule is Cc1cc(NC(=O)CSCC(=O)N2CC[C@H]3CCCC[C@@H]3C2)no1. The standard InChI is InChI=1S/C17H25N3O3S/c1-12-8-15(19-23-12)18-16(21)10-24-11-17(22)20-7-6-13-4-2-3-5-14(13)9-20/h8,13-14H,2-7,9-11H2,1H3,(H,18,19,21)/t13-,14-/m1/s1. The fourth-order valence-electron chi connectivity index (χ4n) is 3.75. The van der Waals surface area contributed by atoms with Crippen molar-refractivity contribution in [2.45, 2.75) is 39.0 Å². The van der Waals surface area contributed by atoms with Crippen LogP contribution >= 0.6 is 11.8 Å². The summed E-state index contributed by atoms with van der Waals surface area (Å²) in [5.74, 6) is 3.21. The molecule has 1 saturated heterocycles. The van der Waals surface area contributed by atoms with Crippen LogP contribution in [0.3, 0.4) is 0 Å². The normalized spacial score (nSPS) is 23.6. The summed E-state index contributed by atoms with van der Waals surface area (Å²) in [4.78, 5) is 26.2. The van der Waals surface area contributed by atoms with Gasteiger partial charge in [-0.2, -0.15) is 0 Å². The lowest BCUT2D eigenvalue weighted by molar-refractivity contribution is -0.131. The Morgan fingerprint density at radius 1 is 1.29 bits per heavy atom. The number of aryl methyl sites for hydroxylation is 1. The quantitative estimate of drug-likeness (QED) is 0.883. The van der Waals surface area contributed by atoms with Gasteiger partial charge in [0.1, 0.15) is 5.76 Å². The summed E-state index contributed by atoms with van der Waals surface area (Å²) in [6, 6.07) is 1.67. The fourth-order valence-corrected chi connectivity index (χ4v) is 4.47. The third-order valence-electron chi connectivity index (χ3n) is 5.00. The highest BCUT2D eigenvalue weighted by atomic mass is 32.2. The molecule has 1 aromatic rings. The molecular formula is C17H25N3O3S. The van der Waals surface area contributed by atoms with Gasteiger partial charge in [-0.05, 0) is 31.6 Å². The summed E-state index contributed by atoms with van der Waals surface area (Å²) in [5.41, 5.74) is 0. The summed E-state index contributed by atoms with van der Waals surface area (Å²) in [5, 5.41) is 6.38. The second-order valence-corrected chi connectivity index (χ2v) is 7.78. The average Bonchev–Trinajstić information content (AvgIpc) is 2.99. The Bertz CT molecular complexity index is 589. The highest BCUT2D eigenvalue weighted by Gasteiger charge is 2.32. The number of hydrogen-bond acceptors (Lipinski definition) is 5. The molecule has 132 valence electrons. The number of thioether (sulfide) groups is 1. The molecule has 2 heterocycles. The first-order valence-electron chi connectivity index (χ1n) is 8.70. The van der Waals surface area contributed by atoms with Gasteiger partial charge in [0.2, 0.25) is 11.8 Å². The second-order valence-electron chi connectivity index (χ2n) is 6.80. The van der Waals surface area contributed by atoms with Gasteiger partial charge in [-0.15, -0.1) is 11.8 Å². The number of nitrogens with one attached hydrogen (secondary N) is 1. The van der Waals surface area contributed by atoms with E-state index in [0.29, 0.717) is 23.2 Å². The summed E-state index contributed by atoms with van der Waals surface area (Å²) >= 11 is 1.36. The Balaban J connectivity index is 1.37. The fraction of sp³-hybridized carbons (Fsp3) is 0.706. The van der Waals surface area contributed by atoms with E-state index in [4.69, 9.17) is 4.52 Å². The van der Waals surface area contributed by atoms with Crippen LogP contribution in [0.2, 0.25) is 0 Å². The van der Waals surface area contributed by atoms with Gasteiger partial charge in [-0.1, -0.05) is 24.4 Å². The molecule has 3 rings (SSSR count). The number of aromatic nitrogens is 1. The van der Waals surface area contributed by atoms with Crippen molar-refractivity contribution in [2.75, 3.05) is 29.9 Å². The molecule has 6 nitrogen and oxygen atoms in total. The monoisotopic (exact) mass is 351 g/mol. The molecule has 24 heavy (non-hydrogen) atoms. The van der Waals surface area contributed by atoms with Crippen molar-refractivity contribution in [2.24, 2.45) is 11.8 Å². The van der Waals surface area contributed by atoms with Crippen LogP contribution < -0.4 is 5.32 Å². The maximum absolute atomic E-state index is 12.4. The molecule has 0 unspecified atom stereocenters. The second kappa shape index (κ2) is 8.05. The molecule has 1 saturated carbocycles. The van der Waals surface area contributed by atoms with Crippen LogP contribution in [0.1, 0.15) is 37.9 Å². The lowest BCUT2D eigenvalue weighted by atomic mass is 9.75. The Kier molecular flexibility index (Phi) is 5.81. The number of likely N-dealkylation sites (tertiary alicyclic amines) is 1. The first-order valence-corrected chi connectivity index (χ1v) is 9.86. The topological polar surface area (TPSA) is 75.4 Å². The minimum absolute atomic E-state index is 0.160. The highest BCUT2D eigenvalue weighted by molar-refractivity contribution is 8.00. The van der Waals surface area contributed by atoms with Crippen molar-refractivity contribution in [1.29, 1.82) is 0 Å². The van der Waals surface area contributed by atoms with E-state index in [9.17, 15) is 9.59 Å². The number of rotatable bonds is 5. The van der Waals surface area contributed by atoms with Crippen molar-refractivity contribution >= 4 is 29.4 Å². The molecule has 2 atom stereocenters. The predicted octanol–water partition coefficient (Wildman–Crippen LogP) is 2.69. The minimum atomic E-state index is -0.160. The largest absolute Gasteiger partial charge is 0.360 e. The van der Waals surface area contributed by atoms with Crippen molar-refractivity contribution in [3.05, 3.63) is 11.8 Å². The first-order chi connectivity index (χ1) is 11.6. The number of hydrogen-bond donors (Lipinski definition) is 1. The lowest BCUT2D eigenvalue weighted by Crippen LogP contribution is -2.45. The van der Waals surface area contributed by atoms with E-state index in [2.05, 4.69) is 10.5 Å². The van der Waals surface area contributed by atoms with Crippen LogP contribution in [0.15, 0.2) is 10.6 Å². The smallest absolute Gasteiger partial charge is 0.235 e. The summed E-state index contributed by atoms with van der Waals surface area (Å²) in [7, 11) is 0. The molecule has 1 aliphatic heterocycles. The van der Waals surface area contributed by atoms with Gasteiger partial charge >= 0.3 is 0 Å². The Morgan fingerprint density at radius 3 is 2.83 bits per heavy atom. The summed E-state index contributed by atoms with van der Waals surface area (Å²) < 4.78 is 4.90. The van der Waals surface area contributed by atoms with Gasteiger partial charge in [-0.25, -0.2) is 0 Å². The minimum Gasteiger partial charge on any atom is -0.360 e. The van der Waals surface area contributed by atoms with E-state index in [-0.39, 0.29) is 17.6 Å². The predicted molar refractivity (Wildman–Crippen MR) is 93.8 cm³/mol. The van der Waals surface area contributed by atoms with E-state index in [1.807, 2.05) is 4.90 Å². The maximum atomic E-state index is 12.4. The molecule has 2 fully saturated rings. The number of carbonyl (C=O) groups excluding carboxylic acids is 2. The average molecular weight is 351 g/mol. The number of amides is 2. The third kappa shape index (κ3) is 4.53. The molecular weight excluding hydrogens is 326 g/mol. The molecule has 1 N–H and O–H groups in total. The van der Waals surface area contributed by atoms with Crippen LogP contribution in [-0.4, -0.2) is 46.5 Å². The van der Waals surface area contributed by atoms with Crippen molar-refractivity contribution in [1.82, 2.24) is 10.1 Å². The number of nitrogens with zero attached hydrogens (tertiary/aromatic N) is 2. The van der Waals surface area contributed by atoms with Gasteiger partial charge in [0, 0.05) is 19.2 Å². The molecule has 7 heteroatoms. The summed E-state index contributed by atoms with van der Waals surface area (Å²) in [6.07, 6.45) is 6.40. The van der Waals surface area contributed by atoms with Crippen LogP contribution in [0.25, 0.3) is 0 Å². The van der Waals surface area contributed by atoms with E-state index in [0.717, 1.165) is 25.4 Å². The zero-order valence-electron chi connectivity index (χ0n) is 14.1. The van der Waals surface area contributed by atoms with Crippen molar-refractivity contribution in [3.63, 3.8) is 0 Å². The highest BCUT2D eigenvalue weighted by Crippen LogP contribution is 2.36. The number of carbonyl (C=O) groups is 2. The Hall–Kier alpha value is -1.50. The molecule has 2 aliphatic rings. The van der Waals surface area contributed by atoms with E-state index in [1.54, 1.807) is 13.0 Å². The van der Waals surface area contributed by atoms with Crippen LogP contribution in [-0.2, 0) is 9.59 Å².